The number of halogens is 1. The van der Waals surface area contributed by atoms with Gasteiger partial charge in [-0.05, 0) is 30.4 Å². The first-order chi connectivity index (χ1) is 8.25. The van der Waals surface area contributed by atoms with Crippen molar-refractivity contribution in [3.8, 4) is 0 Å². The normalized spacial score (nSPS) is 14.9. The highest BCUT2D eigenvalue weighted by molar-refractivity contribution is 6.07. The van der Waals surface area contributed by atoms with Crippen LogP contribution in [-0.4, -0.2) is 11.9 Å². The highest BCUT2D eigenvalue weighted by atomic mass is 19.1. The lowest BCUT2D eigenvalue weighted by Gasteiger charge is -2.07. The summed E-state index contributed by atoms with van der Waals surface area (Å²) >= 11 is 0. The number of nitrogens with one attached hydrogen (secondary N) is 1. The number of hydrogen-bond donors (Lipinski definition) is 1. The SMILES string of the molecule is O=C(NC1CC1)c1cccc2c(F)cccc12. The first kappa shape index (κ1) is 10.3. The minimum absolute atomic E-state index is 0.108. The van der Waals surface area contributed by atoms with Crippen LogP contribution in [-0.2, 0) is 0 Å². The summed E-state index contributed by atoms with van der Waals surface area (Å²) in [5.74, 6) is -0.396. The van der Waals surface area contributed by atoms with E-state index in [1.807, 2.05) is 0 Å². The first-order valence-electron chi connectivity index (χ1n) is 5.74. The Morgan fingerprint density at radius 2 is 1.82 bits per heavy atom. The molecule has 0 unspecified atom stereocenters. The van der Waals surface area contributed by atoms with Gasteiger partial charge in [0.25, 0.3) is 5.91 Å². The molecule has 0 saturated heterocycles. The second kappa shape index (κ2) is 3.84. The molecule has 1 saturated carbocycles. The number of carbonyl (C=O) groups is 1. The van der Waals surface area contributed by atoms with E-state index in [0.29, 0.717) is 22.4 Å². The Hall–Kier alpha value is -1.90. The van der Waals surface area contributed by atoms with E-state index in [-0.39, 0.29) is 11.7 Å². The Labute approximate surface area is 98.4 Å². The van der Waals surface area contributed by atoms with E-state index in [1.165, 1.54) is 6.07 Å². The molecule has 0 heterocycles. The van der Waals surface area contributed by atoms with E-state index in [0.717, 1.165) is 12.8 Å². The van der Waals surface area contributed by atoms with Crippen molar-refractivity contribution in [1.29, 1.82) is 0 Å². The summed E-state index contributed by atoms with van der Waals surface area (Å²) in [4.78, 5) is 12.0. The molecule has 0 radical (unpaired) electrons. The second-order valence-electron chi connectivity index (χ2n) is 4.39. The van der Waals surface area contributed by atoms with Crippen LogP contribution in [0.3, 0.4) is 0 Å². The maximum atomic E-state index is 13.6. The Bertz CT molecular complexity index is 590. The molecule has 1 aliphatic carbocycles. The molecular weight excluding hydrogens is 217 g/mol. The lowest BCUT2D eigenvalue weighted by Crippen LogP contribution is -2.25. The van der Waals surface area contributed by atoms with Crippen LogP contribution in [0, 0.1) is 5.82 Å². The van der Waals surface area contributed by atoms with Gasteiger partial charge in [0.05, 0.1) is 0 Å². The molecule has 17 heavy (non-hydrogen) atoms. The summed E-state index contributed by atoms with van der Waals surface area (Å²) in [5.41, 5.74) is 0.550. The van der Waals surface area contributed by atoms with Crippen molar-refractivity contribution in [3.05, 3.63) is 47.8 Å². The van der Waals surface area contributed by atoms with Crippen molar-refractivity contribution in [2.24, 2.45) is 0 Å². The van der Waals surface area contributed by atoms with Crippen LogP contribution in [0.2, 0.25) is 0 Å². The number of amides is 1. The van der Waals surface area contributed by atoms with E-state index in [2.05, 4.69) is 5.32 Å². The zero-order valence-corrected chi connectivity index (χ0v) is 9.24. The van der Waals surface area contributed by atoms with E-state index in [4.69, 9.17) is 0 Å². The standard InChI is InChI=1S/C14H12FNO/c15-13-6-2-3-10-11(13)4-1-5-12(10)14(17)16-9-7-8-9/h1-6,9H,7-8H2,(H,16,17). The van der Waals surface area contributed by atoms with E-state index < -0.39 is 0 Å². The highest BCUT2D eigenvalue weighted by Gasteiger charge is 2.24. The van der Waals surface area contributed by atoms with Gasteiger partial charge >= 0.3 is 0 Å². The summed E-state index contributed by atoms with van der Waals surface area (Å²) in [6.07, 6.45) is 2.09. The van der Waals surface area contributed by atoms with E-state index in [9.17, 15) is 9.18 Å². The smallest absolute Gasteiger partial charge is 0.252 e. The molecular formula is C14H12FNO. The highest BCUT2D eigenvalue weighted by Crippen LogP contribution is 2.23. The third-order valence-electron chi connectivity index (χ3n) is 3.03. The number of rotatable bonds is 2. The fraction of sp³-hybridized carbons (Fsp3) is 0.214. The number of fused-ring (bicyclic) bond motifs is 1. The number of carbonyl (C=O) groups excluding carboxylic acids is 1. The maximum absolute atomic E-state index is 13.6. The summed E-state index contributed by atoms with van der Waals surface area (Å²) < 4.78 is 13.6. The molecule has 0 bridgehead atoms. The second-order valence-corrected chi connectivity index (χ2v) is 4.39. The molecule has 3 heteroatoms. The Kier molecular flexibility index (Phi) is 2.32. The van der Waals surface area contributed by atoms with Gasteiger partial charge in [-0.2, -0.15) is 0 Å². The zero-order valence-electron chi connectivity index (χ0n) is 9.24. The van der Waals surface area contributed by atoms with Crippen molar-refractivity contribution < 1.29 is 9.18 Å². The predicted octanol–water partition coefficient (Wildman–Crippen LogP) is 2.87. The van der Waals surface area contributed by atoms with Crippen molar-refractivity contribution in [2.45, 2.75) is 18.9 Å². The van der Waals surface area contributed by atoms with Gasteiger partial charge in [-0.3, -0.25) is 4.79 Å². The molecule has 1 aliphatic rings. The van der Waals surface area contributed by atoms with Gasteiger partial charge in [0.2, 0.25) is 0 Å². The third-order valence-corrected chi connectivity index (χ3v) is 3.03. The van der Waals surface area contributed by atoms with Crippen LogP contribution < -0.4 is 5.32 Å². The Morgan fingerprint density at radius 3 is 2.59 bits per heavy atom. The van der Waals surface area contributed by atoms with Crippen LogP contribution in [0.1, 0.15) is 23.2 Å². The minimum Gasteiger partial charge on any atom is -0.349 e. The monoisotopic (exact) mass is 229 g/mol. The van der Waals surface area contributed by atoms with Gasteiger partial charge < -0.3 is 5.32 Å². The number of hydrogen-bond acceptors (Lipinski definition) is 1. The quantitative estimate of drug-likeness (QED) is 0.842. The average Bonchev–Trinajstić information content (AvgIpc) is 3.13. The van der Waals surface area contributed by atoms with E-state index in [1.54, 1.807) is 30.3 Å². The van der Waals surface area contributed by atoms with Gasteiger partial charge in [-0.15, -0.1) is 0 Å². The molecule has 0 atom stereocenters. The molecule has 3 rings (SSSR count). The van der Waals surface area contributed by atoms with Crippen LogP contribution in [0.15, 0.2) is 36.4 Å². The van der Waals surface area contributed by atoms with Gasteiger partial charge in [-0.25, -0.2) is 4.39 Å². The molecule has 1 amide bonds. The van der Waals surface area contributed by atoms with Crippen LogP contribution in [0.5, 0.6) is 0 Å². The van der Waals surface area contributed by atoms with Crippen molar-refractivity contribution in [2.75, 3.05) is 0 Å². The molecule has 0 spiro atoms. The summed E-state index contributed by atoms with van der Waals surface area (Å²) in [5, 5.41) is 4.09. The van der Waals surface area contributed by atoms with Gasteiger partial charge in [-0.1, -0.05) is 24.3 Å². The van der Waals surface area contributed by atoms with Gasteiger partial charge in [0, 0.05) is 17.0 Å². The molecule has 1 N–H and O–H groups in total. The maximum Gasteiger partial charge on any atom is 0.252 e. The average molecular weight is 229 g/mol. The topological polar surface area (TPSA) is 29.1 Å². The Morgan fingerprint density at radius 1 is 1.12 bits per heavy atom. The van der Waals surface area contributed by atoms with Crippen LogP contribution >= 0.6 is 0 Å². The Balaban J connectivity index is 2.09. The summed E-state index contributed by atoms with van der Waals surface area (Å²) in [6.45, 7) is 0. The van der Waals surface area contributed by atoms with Gasteiger partial charge in [0.1, 0.15) is 5.82 Å². The van der Waals surface area contributed by atoms with Crippen LogP contribution in [0.4, 0.5) is 4.39 Å². The van der Waals surface area contributed by atoms with Crippen molar-refractivity contribution in [1.82, 2.24) is 5.32 Å². The van der Waals surface area contributed by atoms with Crippen LogP contribution in [0.25, 0.3) is 10.8 Å². The molecule has 86 valence electrons. The molecule has 0 aromatic heterocycles. The predicted molar refractivity (Wildman–Crippen MR) is 64.4 cm³/mol. The fourth-order valence-corrected chi connectivity index (χ4v) is 1.96. The fourth-order valence-electron chi connectivity index (χ4n) is 1.96. The van der Waals surface area contributed by atoms with E-state index >= 15 is 0 Å². The largest absolute Gasteiger partial charge is 0.349 e. The molecule has 2 aromatic rings. The van der Waals surface area contributed by atoms with Gasteiger partial charge in [0.15, 0.2) is 0 Å². The molecule has 1 fully saturated rings. The minimum atomic E-state index is -0.288. The lowest BCUT2D eigenvalue weighted by atomic mass is 10.0. The molecule has 2 nitrogen and oxygen atoms in total. The third kappa shape index (κ3) is 1.88. The number of benzene rings is 2. The molecule has 2 aromatic carbocycles. The molecule has 0 aliphatic heterocycles. The zero-order chi connectivity index (χ0) is 11.8. The summed E-state index contributed by atoms with van der Waals surface area (Å²) in [7, 11) is 0. The first-order valence-corrected chi connectivity index (χ1v) is 5.74. The van der Waals surface area contributed by atoms with Crippen molar-refractivity contribution >= 4 is 16.7 Å². The van der Waals surface area contributed by atoms with Crippen molar-refractivity contribution in [3.63, 3.8) is 0 Å². The summed E-state index contributed by atoms with van der Waals surface area (Å²) in [6, 6.07) is 10.3. The lowest BCUT2D eigenvalue weighted by molar-refractivity contribution is 0.0953.